The Morgan fingerprint density at radius 3 is 2.89 bits per heavy atom. The molecule has 0 amide bonds. The third-order valence-electron chi connectivity index (χ3n) is 2.58. The van der Waals surface area contributed by atoms with Gasteiger partial charge in [-0.25, -0.2) is 4.79 Å². The van der Waals surface area contributed by atoms with E-state index >= 15 is 0 Å². The predicted octanol–water partition coefficient (Wildman–Crippen LogP) is 4.32. The van der Waals surface area contributed by atoms with Crippen molar-refractivity contribution in [2.75, 3.05) is 5.32 Å². The van der Waals surface area contributed by atoms with Gasteiger partial charge in [0.25, 0.3) is 0 Å². The first-order valence-corrected chi connectivity index (χ1v) is 7.82. The van der Waals surface area contributed by atoms with Crippen LogP contribution in [0.3, 0.4) is 0 Å². The number of halogens is 2. The Hall–Kier alpha value is -1.05. The molecule has 0 aliphatic heterocycles. The number of aromatic amines is 1. The van der Waals surface area contributed by atoms with Crippen molar-refractivity contribution >= 4 is 60.0 Å². The predicted molar refractivity (Wildman–Crippen MR) is 83.9 cm³/mol. The van der Waals surface area contributed by atoms with E-state index in [-0.39, 0.29) is 0 Å². The van der Waals surface area contributed by atoms with E-state index in [1.165, 1.54) is 4.88 Å². The first-order chi connectivity index (χ1) is 9.11. The third kappa shape index (κ3) is 2.77. The molecule has 2 heterocycles. The second kappa shape index (κ2) is 5.15. The molecule has 19 heavy (non-hydrogen) atoms. The number of benzene rings is 1. The van der Waals surface area contributed by atoms with Crippen LogP contribution in [-0.4, -0.2) is 4.98 Å². The SMILES string of the molecule is O=c1[nH]c2cc(NCc3cc(Br)c(Br)s3)ccc2o1. The summed E-state index contributed by atoms with van der Waals surface area (Å²) in [4.78, 5) is 14.9. The van der Waals surface area contributed by atoms with Crippen molar-refractivity contribution in [2.24, 2.45) is 0 Å². The molecule has 0 spiro atoms. The maximum atomic E-state index is 11.1. The molecule has 7 heteroatoms. The highest BCUT2D eigenvalue weighted by molar-refractivity contribution is 9.13. The van der Waals surface area contributed by atoms with Gasteiger partial charge in [0.2, 0.25) is 0 Å². The van der Waals surface area contributed by atoms with Crippen LogP contribution in [0.2, 0.25) is 0 Å². The van der Waals surface area contributed by atoms with Crippen LogP contribution in [0.25, 0.3) is 11.1 Å². The van der Waals surface area contributed by atoms with E-state index in [1.54, 1.807) is 17.4 Å². The highest BCUT2D eigenvalue weighted by Crippen LogP contribution is 2.32. The average Bonchev–Trinajstić information content (AvgIpc) is 2.88. The molecule has 1 aromatic carbocycles. The number of fused-ring (bicyclic) bond motifs is 1. The molecule has 0 fully saturated rings. The number of oxazole rings is 1. The minimum Gasteiger partial charge on any atom is -0.408 e. The molecule has 2 N–H and O–H groups in total. The third-order valence-corrected chi connectivity index (χ3v) is 5.84. The minimum atomic E-state index is -0.432. The van der Waals surface area contributed by atoms with Gasteiger partial charge < -0.3 is 9.73 Å². The van der Waals surface area contributed by atoms with Crippen LogP contribution in [0.1, 0.15) is 4.88 Å². The molecule has 0 saturated carbocycles. The highest BCUT2D eigenvalue weighted by Gasteiger charge is 2.05. The summed E-state index contributed by atoms with van der Waals surface area (Å²) in [5, 5.41) is 3.31. The van der Waals surface area contributed by atoms with Gasteiger partial charge in [-0.3, -0.25) is 4.98 Å². The molecule has 3 rings (SSSR count). The van der Waals surface area contributed by atoms with E-state index in [2.05, 4.69) is 48.2 Å². The average molecular weight is 404 g/mol. The smallest absolute Gasteiger partial charge is 0.408 e. The zero-order valence-electron chi connectivity index (χ0n) is 9.50. The molecule has 0 bridgehead atoms. The maximum Gasteiger partial charge on any atom is 0.417 e. The zero-order valence-corrected chi connectivity index (χ0v) is 13.5. The van der Waals surface area contributed by atoms with Gasteiger partial charge in [-0.2, -0.15) is 0 Å². The zero-order chi connectivity index (χ0) is 13.4. The lowest BCUT2D eigenvalue weighted by Crippen LogP contribution is -1.97. The normalized spacial score (nSPS) is 11.1. The molecule has 0 saturated heterocycles. The lowest BCUT2D eigenvalue weighted by Gasteiger charge is -2.03. The molecule has 0 aliphatic rings. The van der Waals surface area contributed by atoms with E-state index in [0.717, 1.165) is 20.5 Å². The number of hydrogen-bond acceptors (Lipinski definition) is 4. The van der Waals surface area contributed by atoms with Gasteiger partial charge in [0.1, 0.15) is 0 Å². The fourth-order valence-corrected chi connectivity index (χ4v) is 3.85. The summed E-state index contributed by atoms with van der Waals surface area (Å²) in [7, 11) is 0. The Labute approximate surface area is 129 Å². The number of thiophene rings is 1. The van der Waals surface area contributed by atoms with Gasteiger partial charge >= 0.3 is 5.76 Å². The van der Waals surface area contributed by atoms with Gasteiger partial charge in [-0.1, -0.05) is 0 Å². The van der Waals surface area contributed by atoms with Gasteiger partial charge in [-0.05, 0) is 56.1 Å². The number of H-pyrrole nitrogens is 1. The Balaban J connectivity index is 1.79. The Morgan fingerprint density at radius 2 is 2.16 bits per heavy atom. The molecule has 0 radical (unpaired) electrons. The van der Waals surface area contributed by atoms with Crippen molar-refractivity contribution in [1.82, 2.24) is 4.98 Å². The van der Waals surface area contributed by atoms with Gasteiger partial charge in [0.15, 0.2) is 5.58 Å². The summed E-state index contributed by atoms with van der Waals surface area (Å²) in [6, 6.07) is 7.59. The van der Waals surface area contributed by atoms with E-state index in [1.807, 2.05) is 12.1 Å². The first kappa shape index (κ1) is 13.0. The van der Waals surface area contributed by atoms with Crippen LogP contribution < -0.4 is 11.1 Å². The van der Waals surface area contributed by atoms with E-state index in [0.29, 0.717) is 11.1 Å². The summed E-state index contributed by atoms with van der Waals surface area (Å²) in [5.74, 6) is -0.432. The van der Waals surface area contributed by atoms with Crippen LogP contribution in [0, 0.1) is 0 Å². The van der Waals surface area contributed by atoms with E-state index in [4.69, 9.17) is 4.42 Å². The van der Waals surface area contributed by atoms with Crippen molar-refractivity contribution < 1.29 is 4.42 Å². The summed E-state index contributed by atoms with van der Waals surface area (Å²) in [6.07, 6.45) is 0. The van der Waals surface area contributed by atoms with Crippen molar-refractivity contribution in [3.8, 4) is 0 Å². The monoisotopic (exact) mass is 402 g/mol. The molecular weight excluding hydrogens is 396 g/mol. The van der Waals surface area contributed by atoms with Crippen LogP contribution in [0.4, 0.5) is 5.69 Å². The van der Waals surface area contributed by atoms with Gasteiger partial charge in [0.05, 0.1) is 9.30 Å². The second-order valence-corrected chi connectivity index (χ2v) is 7.22. The number of hydrogen-bond donors (Lipinski definition) is 2. The van der Waals surface area contributed by atoms with Gasteiger partial charge in [0, 0.05) is 21.6 Å². The second-order valence-electron chi connectivity index (χ2n) is 3.91. The lowest BCUT2D eigenvalue weighted by atomic mass is 10.3. The standard InChI is InChI=1S/C12H8Br2N2O2S/c13-8-4-7(19-11(8)14)5-15-6-1-2-10-9(3-6)16-12(17)18-10/h1-4,15H,5H2,(H,16,17). The molecule has 98 valence electrons. The molecule has 0 aliphatic carbocycles. The fourth-order valence-electron chi connectivity index (χ4n) is 1.73. The molecule has 2 aromatic heterocycles. The number of nitrogens with one attached hydrogen (secondary N) is 2. The first-order valence-electron chi connectivity index (χ1n) is 5.42. The van der Waals surface area contributed by atoms with E-state index < -0.39 is 5.76 Å². The van der Waals surface area contributed by atoms with Crippen LogP contribution in [0.5, 0.6) is 0 Å². The molecule has 0 atom stereocenters. The summed E-state index contributed by atoms with van der Waals surface area (Å²) in [5.41, 5.74) is 2.20. The van der Waals surface area contributed by atoms with Gasteiger partial charge in [-0.15, -0.1) is 11.3 Å². The largest absolute Gasteiger partial charge is 0.417 e. The molecular formula is C12H8Br2N2O2S. The fraction of sp³-hybridized carbons (Fsp3) is 0.0833. The Morgan fingerprint density at radius 1 is 1.32 bits per heavy atom. The van der Waals surface area contributed by atoms with Crippen LogP contribution >= 0.6 is 43.2 Å². The van der Waals surface area contributed by atoms with Crippen molar-refractivity contribution in [2.45, 2.75) is 6.54 Å². The number of anilines is 1. The van der Waals surface area contributed by atoms with Crippen LogP contribution in [-0.2, 0) is 6.54 Å². The van der Waals surface area contributed by atoms with Crippen molar-refractivity contribution in [3.05, 3.63) is 48.0 Å². The van der Waals surface area contributed by atoms with Crippen molar-refractivity contribution in [1.29, 1.82) is 0 Å². The summed E-state index contributed by atoms with van der Waals surface area (Å²) >= 11 is 8.60. The Kier molecular flexibility index (Phi) is 3.51. The van der Waals surface area contributed by atoms with Crippen molar-refractivity contribution in [3.63, 3.8) is 0 Å². The summed E-state index contributed by atoms with van der Waals surface area (Å²) in [6.45, 7) is 0.725. The minimum absolute atomic E-state index is 0.432. The maximum absolute atomic E-state index is 11.1. The highest BCUT2D eigenvalue weighted by atomic mass is 79.9. The molecule has 0 unspecified atom stereocenters. The number of aromatic nitrogens is 1. The van der Waals surface area contributed by atoms with E-state index in [9.17, 15) is 4.79 Å². The van der Waals surface area contributed by atoms with Crippen LogP contribution in [0.15, 0.2) is 41.7 Å². The lowest BCUT2D eigenvalue weighted by molar-refractivity contribution is 0.555. The summed E-state index contributed by atoms with van der Waals surface area (Å²) < 4.78 is 7.10. The Bertz CT molecular complexity index is 771. The molecule has 3 aromatic rings. The molecule has 4 nitrogen and oxygen atoms in total. The quantitative estimate of drug-likeness (QED) is 0.684. The number of rotatable bonds is 3. The topological polar surface area (TPSA) is 58.0 Å².